The van der Waals surface area contributed by atoms with Crippen molar-refractivity contribution in [2.24, 2.45) is 0 Å². The summed E-state index contributed by atoms with van der Waals surface area (Å²) < 4.78 is 25.0. The van der Waals surface area contributed by atoms with Gasteiger partial charge in [0, 0.05) is 17.0 Å². The van der Waals surface area contributed by atoms with Crippen molar-refractivity contribution >= 4 is 28.4 Å². The van der Waals surface area contributed by atoms with Gasteiger partial charge in [0.05, 0.1) is 23.2 Å². The van der Waals surface area contributed by atoms with Crippen LogP contribution in [-0.2, 0) is 5.75 Å². The van der Waals surface area contributed by atoms with Gasteiger partial charge in [-0.2, -0.15) is 11.8 Å². The molecule has 1 aliphatic carbocycles. The van der Waals surface area contributed by atoms with Crippen LogP contribution in [0.5, 0.6) is 0 Å². The van der Waals surface area contributed by atoms with E-state index in [9.17, 15) is 13.6 Å². The highest BCUT2D eigenvalue weighted by Gasteiger charge is 2.22. The number of likely N-dealkylation sites (tertiary alicyclic amines) is 1. The predicted octanol–water partition coefficient (Wildman–Crippen LogP) is 4.88. The average Bonchev–Trinajstić information content (AvgIpc) is 3.20. The number of aromatic amines is 1. The summed E-state index contributed by atoms with van der Waals surface area (Å²) in [6.45, 7) is 1.29. The molecule has 2 N–H and O–H groups in total. The lowest BCUT2D eigenvalue weighted by Gasteiger charge is -2.31. The van der Waals surface area contributed by atoms with Gasteiger partial charge in [-0.1, -0.05) is 20.3 Å². The molecule has 0 radical (unpaired) electrons. The number of nitrogens with one attached hydrogen (secondary N) is 2. The van der Waals surface area contributed by atoms with E-state index in [0.29, 0.717) is 41.3 Å². The topological polar surface area (TPSA) is 61.0 Å². The zero-order chi connectivity index (χ0) is 20.2. The van der Waals surface area contributed by atoms with Crippen LogP contribution in [0.1, 0.15) is 51.8 Å². The number of hydrogen-bond donors (Lipinski definition) is 2. The third-order valence-electron chi connectivity index (χ3n) is 5.87. The number of alkyl halides is 2. The van der Waals surface area contributed by atoms with E-state index in [2.05, 4.69) is 15.3 Å². The number of H-pyrrole nitrogens is 1. The van der Waals surface area contributed by atoms with E-state index in [4.69, 9.17) is 0 Å². The first kappa shape index (κ1) is 23.0. The molecule has 2 aromatic rings. The van der Waals surface area contributed by atoms with Crippen LogP contribution in [0.4, 0.5) is 14.5 Å². The summed E-state index contributed by atoms with van der Waals surface area (Å²) >= 11 is 1.76. The van der Waals surface area contributed by atoms with Gasteiger partial charge in [-0.05, 0) is 57.0 Å². The molecule has 1 aliphatic heterocycles. The highest BCUT2D eigenvalue weighted by atomic mass is 32.2. The van der Waals surface area contributed by atoms with Crippen LogP contribution >= 0.6 is 11.8 Å². The fraction of sp³-hybridized carbons (Fsp3) is 0.636. The Bertz CT molecular complexity index is 877. The van der Waals surface area contributed by atoms with Crippen LogP contribution in [-0.4, -0.2) is 52.2 Å². The summed E-state index contributed by atoms with van der Waals surface area (Å²) in [6, 6.07) is 6.29. The van der Waals surface area contributed by atoms with Gasteiger partial charge in [-0.15, -0.1) is 0 Å². The maximum Gasteiger partial charge on any atom is 0.258 e. The molecule has 0 spiro atoms. The molecule has 0 atom stereocenters. The largest absolute Gasteiger partial charge is 0.382 e. The molecule has 30 heavy (non-hydrogen) atoms. The van der Waals surface area contributed by atoms with Gasteiger partial charge in [0.25, 0.3) is 12.0 Å². The zero-order valence-corrected chi connectivity index (χ0v) is 17.3. The van der Waals surface area contributed by atoms with Gasteiger partial charge in [0.2, 0.25) is 0 Å². The van der Waals surface area contributed by atoms with Gasteiger partial charge < -0.3 is 10.3 Å². The molecule has 1 saturated heterocycles. The SMILES string of the molecule is C.O=c1[nH]c(CSC2CCN(CC(F)F)CC2)nc2cc(NC3CCCC3)ccc12. The second-order valence-corrected chi connectivity index (χ2v) is 9.36. The summed E-state index contributed by atoms with van der Waals surface area (Å²) in [7, 11) is 0. The van der Waals surface area contributed by atoms with Crippen molar-refractivity contribution in [1.82, 2.24) is 14.9 Å². The number of anilines is 1. The summed E-state index contributed by atoms with van der Waals surface area (Å²) in [4.78, 5) is 21.9. The molecule has 1 aromatic heterocycles. The van der Waals surface area contributed by atoms with E-state index < -0.39 is 6.43 Å². The van der Waals surface area contributed by atoms with E-state index in [0.717, 1.165) is 24.0 Å². The van der Waals surface area contributed by atoms with E-state index in [1.807, 2.05) is 23.1 Å². The molecule has 2 fully saturated rings. The van der Waals surface area contributed by atoms with Crippen molar-refractivity contribution < 1.29 is 8.78 Å². The minimum absolute atomic E-state index is 0. The van der Waals surface area contributed by atoms with Crippen LogP contribution in [0.2, 0.25) is 0 Å². The third-order valence-corrected chi connectivity index (χ3v) is 7.25. The van der Waals surface area contributed by atoms with Gasteiger partial charge in [-0.25, -0.2) is 13.8 Å². The standard InChI is InChI=1S/C21H28F2N4OS.CH4/c22-19(23)12-27-9-7-16(8-10-27)29-13-20-25-18-11-15(24-14-3-1-2-4-14)5-6-17(18)21(28)26-20;/h5-6,11,14,16,19,24H,1-4,7-10,12-13H2,(H,25,26,28);1H4. The Kier molecular flexibility index (Phi) is 8.11. The Balaban J connectivity index is 0.00000256. The van der Waals surface area contributed by atoms with Crippen LogP contribution < -0.4 is 10.9 Å². The maximum absolute atomic E-state index is 12.5. The second kappa shape index (κ2) is 10.6. The Morgan fingerprint density at radius 3 is 2.63 bits per heavy atom. The van der Waals surface area contributed by atoms with Gasteiger partial charge in [0.15, 0.2) is 0 Å². The molecular formula is C22H32F2N4OS. The Morgan fingerprint density at radius 2 is 1.93 bits per heavy atom. The minimum atomic E-state index is -2.26. The van der Waals surface area contributed by atoms with Crippen molar-refractivity contribution in [2.45, 2.75) is 69.4 Å². The van der Waals surface area contributed by atoms with E-state index in [1.165, 1.54) is 25.7 Å². The minimum Gasteiger partial charge on any atom is -0.382 e. The zero-order valence-electron chi connectivity index (χ0n) is 16.5. The average molecular weight is 439 g/mol. The Morgan fingerprint density at radius 1 is 1.20 bits per heavy atom. The summed E-state index contributed by atoms with van der Waals surface area (Å²) in [5.74, 6) is 1.31. The van der Waals surface area contributed by atoms with Crippen molar-refractivity contribution in [3.05, 3.63) is 34.4 Å². The van der Waals surface area contributed by atoms with Crippen molar-refractivity contribution in [1.29, 1.82) is 0 Å². The molecule has 0 amide bonds. The number of rotatable bonds is 7. The first-order valence-electron chi connectivity index (χ1n) is 10.5. The highest BCUT2D eigenvalue weighted by Crippen LogP contribution is 2.27. The number of halogens is 2. The monoisotopic (exact) mass is 438 g/mol. The normalized spacial score (nSPS) is 18.8. The molecular weight excluding hydrogens is 406 g/mol. The fourth-order valence-corrected chi connectivity index (χ4v) is 5.38. The molecule has 2 heterocycles. The number of aromatic nitrogens is 2. The van der Waals surface area contributed by atoms with Gasteiger partial charge >= 0.3 is 0 Å². The number of thioether (sulfide) groups is 1. The first-order valence-corrected chi connectivity index (χ1v) is 11.5. The Labute approximate surface area is 181 Å². The smallest absolute Gasteiger partial charge is 0.258 e. The molecule has 1 saturated carbocycles. The molecule has 166 valence electrons. The number of piperidine rings is 1. The molecule has 1 aromatic carbocycles. The van der Waals surface area contributed by atoms with Crippen molar-refractivity contribution in [2.75, 3.05) is 25.0 Å². The summed E-state index contributed by atoms with van der Waals surface area (Å²) in [5, 5.41) is 4.58. The van der Waals surface area contributed by atoms with Crippen LogP contribution in [0, 0.1) is 0 Å². The molecule has 2 aliphatic rings. The fourth-order valence-electron chi connectivity index (χ4n) is 4.30. The van der Waals surface area contributed by atoms with Crippen LogP contribution in [0.25, 0.3) is 10.9 Å². The van der Waals surface area contributed by atoms with E-state index in [1.54, 1.807) is 11.8 Å². The molecule has 8 heteroatoms. The molecule has 5 nitrogen and oxygen atoms in total. The number of hydrogen-bond acceptors (Lipinski definition) is 5. The summed E-state index contributed by atoms with van der Waals surface area (Å²) in [5.41, 5.74) is 1.64. The number of nitrogens with zero attached hydrogens (tertiary/aromatic N) is 2. The van der Waals surface area contributed by atoms with E-state index in [-0.39, 0.29) is 19.5 Å². The highest BCUT2D eigenvalue weighted by molar-refractivity contribution is 7.99. The molecule has 0 unspecified atom stereocenters. The quantitative estimate of drug-likeness (QED) is 0.645. The van der Waals surface area contributed by atoms with Crippen LogP contribution in [0.3, 0.4) is 0 Å². The maximum atomic E-state index is 12.5. The van der Waals surface area contributed by atoms with Gasteiger partial charge in [0.1, 0.15) is 5.82 Å². The van der Waals surface area contributed by atoms with Gasteiger partial charge in [-0.3, -0.25) is 9.69 Å². The van der Waals surface area contributed by atoms with Crippen molar-refractivity contribution in [3.8, 4) is 0 Å². The van der Waals surface area contributed by atoms with E-state index >= 15 is 0 Å². The first-order chi connectivity index (χ1) is 14.1. The van der Waals surface area contributed by atoms with Crippen LogP contribution in [0.15, 0.2) is 23.0 Å². The second-order valence-electron chi connectivity index (χ2n) is 8.07. The lowest BCUT2D eigenvalue weighted by atomic mass is 10.1. The number of fused-ring (bicyclic) bond motifs is 1. The Hall–Kier alpha value is -1.67. The molecule has 4 rings (SSSR count). The predicted molar refractivity (Wildman–Crippen MR) is 122 cm³/mol. The lowest BCUT2D eigenvalue weighted by Crippen LogP contribution is -2.37. The number of benzene rings is 1. The van der Waals surface area contributed by atoms with Crippen molar-refractivity contribution in [3.63, 3.8) is 0 Å². The third kappa shape index (κ3) is 5.94. The molecule has 0 bridgehead atoms. The lowest BCUT2D eigenvalue weighted by molar-refractivity contribution is 0.0796. The summed E-state index contributed by atoms with van der Waals surface area (Å²) in [6.07, 6.45) is 4.45.